The van der Waals surface area contributed by atoms with Crippen LogP contribution in [0.3, 0.4) is 0 Å². The van der Waals surface area contributed by atoms with E-state index in [1.54, 1.807) is 12.1 Å². The number of nitrogens with zero attached hydrogens (tertiary/aromatic N) is 2. The largest absolute Gasteiger partial charge is 0.311 e. The molecule has 18 heavy (non-hydrogen) atoms. The molecule has 0 aliphatic carbocycles. The summed E-state index contributed by atoms with van der Waals surface area (Å²) < 4.78 is 13.7. The summed E-state index contributed by atoms with van der Waals surface area (Å²) >= 11 is 0. The maximum Gasteiger partial charge on any atom is 0.145 e. The summed E-state index contributed by atoms with van der Waals surface area (Å²) in [4.78, 5) is 2.22. The molecule has 0 amide bonds. The van der Waals surface area contributed by atoms with Gasteiger partial charge in [0, 0.05) is 31.2 Å². The van der Waals surface area contributed by atoms with Crippen molar-refractivity contribution in [3.05, 3.63) is 35.1 Å². The maximum atomic E-state index is 13.7. The predicted octanol–water partition coefficient (Wildman–Crippen LogP) is 2.13. The molecule has 4 heteroatoms. The third-order valence-corrected chi connectivity index (χ3v) is 3.04. The molecule has 0 saturated carbocycles. The number of hydrogen-bond donors (Lipinski definition) is 1. The molecule has 0 spiro atoms. The minimum Gasteiger partial charge on any atom is -0.311 e. The first-order chi connectivity index (χ1) is 8.56. The van der Waals surface area contributed by atoms with Crippen LogP contribution in [0.25, 0.3) is 0 Å². The first kappa shape index (κ1) is 14.6. The van der Waals surface area contributed by atoms with E-state index in [1.807, 2.05) is 6.07 Å². The van der Waals surface area contributed by atoms with Crippen molar-refractivity contribution in [2.45, 2.75) is 26.4 Å². The van der Waals surface area contributed by atoms with Gasteiger partial charge in [0.05, 0.1) is 5.56 Å². The molecule has 0 aliphatic rings. The normalized spacial score (nSPS) is 10.9. The molecule has 0 radical (unpaired) electrons. The highest BCUT2D eigenvalue weighted by Crippen LogP contribution is 2.11. The lowest BCUT2D eigenvalue weighted by Gasteiger charge is -2.21. The number of rotatable bonds is 6. The molecule has 1 aromatic rings. The Bertz CT molecular complexity index is 424. The number of hydrogen-bond acceptors (Lipinski definition) is 3. The van der Waals surface area contributed by atoms with Crippen LogP contribution in [0.4, 0.5) is 4.39 Å². The van der Waals surface area contributed by atoms with Crippen LogP contribution in [-0.4, -0.2) is 31.1 Å². The van der Waals surface area contributed by atoms with Crippen molar-refractivity contribution in [2.24, 2.45) is 0 Å². The van der Waals surface area contributed by atoms with E-state index in [-0.39, 0.29) is 5.56 Å². The summed E-state index contributed by atoms with van der Waals surface area (Å²) in [5.41, 5.74) is 0.648. The molecule has 0 unspecified atom stereocenters. The van der Waals surface area contributed by atoms with Crippen LogP contribution in [0.5, 0.6) is 0 Å². The van der Waals surface area contributed by atoms with Crippen LogP contribution in [0.1, 0.15) is 25.0 Å². The number of benzene rings is 1. The van der Waals surface area contributed by atoms with E-state index in [1.165, 1.54) is 6.07 Å². The topological polar surface area (TPSA) is 39.1 Å². The lowest BCUT2D eigenvalue weighted by atomic mass is 10.1. The van der Waals surface area contributed by atoms with Crippen LogP contribution in [-0.2, 0) is 6.54 Å². The molecule has 98 valence electrons. The Morgan fingerprint density at radius 1 is 1.44 bits per heavy atom. The molecule has 0 fully saturated rings. The molecule has 1 N–H and O–H groups in total. The summed E-state index contributed by atoms with van der Waals surface area (Å²) in [5, 5.41) is 11.9. The van der Waals surface area contributed by atoms with E-state index in [2.05, 4.69) is 31.1 Å². The molecule has 0 saturated heterocycles. The van der Waals surface area contributed by atoms with Gasteiger partial charge < -0.3 is 10.2 Å². The van der Waals surface area contributed by atoms with Crippen molar-refractivity contribution in [2.75, 3.05) is 20.1 Å². The Morgan fingerprint density at radius 3 is 2.78 bits per heavy atom. The number of nitriles is 1. The maximum absolute atomic E-state index is 13.7. The molecular weight excluding hydrogens is 229 g/mol. The zero-order valence-electron chi connectivity index (χ0n) is 11.2. The summed E-state index contributed by atoms with van der Waals surface area (Å²) in [6.45, 7) is 6.43. The molecular formula is C14H20FN3. The highest BCUT2D eigenvalue weighted by Gasteiger charge is 2.07. The Hall–Kier alpha value is -1.44. The van der Waals surface area contributed by atoms with Gasteiger partial charge in [-0.05, 0) is 27.0 Å². The first-order valence-corrected chi connectivity index (χ1v) is 6.14. The average Bonchev–Trinajstić information content (AvgIpc) is 2.35. The van der Waals surface area contributed by atoms with Crippen LogP contribution >= 0.6 is 0 Å². The molecule has 1 aromatic carbocycles. The van der Waals surface area contributed by atoms with E-state index in [4.69, 9.17) is 5.26 Å². The van der Waals surface area contributed by atoms with E-state index >= 15 is 0 Å². The van der Waals surface area contributed by atoms with Gasteiger partial charge in [-0.25, -0.2) is 4.39 Å². The predicted molar refractivity (Wildman–Crippen MR) is 70.6 cm³/mol. The molecule has 0 aliphatic heterocycles. The van der Waals surface area contributed by atoms with Gasteiger partial charge in [0.1, 0.15) is 11.9 Å². The van der Waals surface area contributed by atoms with Gasteiger partial charge in [0.25, 0.3) is 0 Å². The number of nitrogens with one attached hydrogen (secondary N) is 1. The Morgan fingerprint density at radius 2 is 2.17 bits per heavy atom. The number of likely N-dealkylation sites (N-methyl/N-ethyl adjacent to an activating group) is 1. The summed E-state index contributed by atoms with van der Waals surface area (Å²) in [6.07, 6.45) is 0. The van der Waals surface area contributed by atoms with Crippen molar-refractivity contribution in [3.63, 3.8) is 0 Å². The third kappa shape index (κ3) is 4.10. The highest BCUT2D eigenvalue weighted by molar-refractivity contribution is 5.34. The average molecular weight is 249 g/mol. The summed E-state index contributed by atoms with van der Waals surface area (Å²) in [6, 6.07) is 7.26. The van der Waals surface area contributed by atoms with Crippen LogP contribution < -0.4 is 5.32 Å². The minimum atomic E-state index is -0.412. The zero-order chi connectivity index (χ0) is 13.5. The van der Waals surface area contributed by atoms with E-state index in [9.17, 15) is 4.39 Å². The van der Waals surface area contributed by atoms with Crippen molar-refractivity contribution < 1.29 is 4.39 Å². The van der Waals surface area contributed by atoms with Crippen LogP contribution in [0, 0.1) is 17.1 Å². The van der Waals surface area contributed by atoms with Crippen molar-refractivity contribution in [1.82, 2.24) is 10.2 Å². The fourth-order valence-electron chi connectivity index (χ4n) is 1.54. The van der Waals surface area contributed by atoms with Crippen molar-refractivity contribution in [1.29, 1.82) is 5.26 Å². The molecule has 0 atom stereocenters. The molecule has 0 bridgehead atoms. The molecule has 0 aromatic heterocycles. The van der Waals surface area contributed by atoms with E-state index in [0.29, 0.717) is 18.2 Å². The fraction of sp³-hybridized carbons (Fsp3) is 0.500. The summed E-state index contributed by atoms with van der Waals surface area (Å²) in [5.74, 6) is -0.412. The zero-order valence-corrected chi connectivity index (χ0v) is 11.2. The molecule has 3 nitrogen and oxygen atoms in total. The lowest BCUT2D eigenvalue weighted by molar-refractivity contribution is 0.273. The fourth-order valence-corrected chi connectivity index (χ4v) is 1.54. The smallest absolute Gasteiger partial charge is 0.145 e. The van der Waals surface area contributed by atoms with Gasteiger partial charge in [-0.15, -0.1) is 0 Å². The quantitative estimate of drug-likeness (QED) is 0.785. The van der Waals surface area contributed by atoms with Gasteiger partial charge >= 0.3 is 0 Å². The standard InChI is InChI=1S/C14H20FN3/c1-11(2)18(3)8-7-17-10-13-6-4-5-12(9-16)14(13)15/h4-6,11,17H,7-8,10H2,1-3H3. The second-order valence-electron chi connectivity index (χ2n) is 4.64. The highest BCUT2D eigenvalue weighted by atomic mass is 19.1. The van der Waals surface area contributed by atoms with Gasteiger partial charge in [-0.2, -0.15) is 5.26 Å². The van der Waals surface area contributed by atoms with E-state index in [0.717, 1.165) is 13.1 Å². The SMILES string of the molecule is CC(C)N(C)CCNCc1cccc(C#N)c1F. The van der Waals surface area contributed by atoms with Gasteiger partial charge in [0.15, 0.2) is 0 Å². The molecule has 1 rings (SSSR count). The van der Waals surface area contributed by atoms with Crippen LogP contribution in [0.15, 0.2) is 18.2 Å². The van der Waals surface area contributed by atoms with Gasteiger partial charge in [-0.1, -0.05) is 12.1 Å². The molecule has 0 heterocycles. The monoisotopic (exact) mass is 249 g/mol. The van der Waals surface area contributed by atoms with Crippen LogP contribution in [0.2, 0.25) is 0 Å². The lowest BCUT2D eigenvalue weighted by Crippen LogP contribution is -2.33. The van der Waals surface area contributed by atoms with E-state index < -0.39 is 5.82 Å². The van der Waals surface area contributed by atoms with Crippen molar-refractivity contribution in [3.8, 4) is 6.07 Å². The Balaban J connectivity index is 2.43. The third-order valence-electron chi connectivity index (χ3n) is 3.04. The van der Waals surface area contributed by atoms with Gasteiger partial charge in [-0.3, -0.25) is 0 Å². The second-order valence-corrected chi connectivity index (χ2v) is 4.64. The summed E-state index contributed by atoms with van der Waals surface area (Å²) in [7, 11) is 2.06. The number of halogens is 1. The first-order valence-electron chi connectivity index (χ1n) is 6.14. The Labute approximate surface area is 108 Å². The second kappa shape index (κ2) is 7.10. The van der Waals surface area contributed by atoms with Crippen molar-refractivity contribution >= 4 is 0 Å². The minimum absolute atomic E-state index is 0.105. The van der Waals surface area contributed by atoms with Gasteiger partial charge in [0.2, 0.25) is 0 Å². The Kier molecular flexibility index (Phi) is 5.76.